The number of hydrogen-bond acceptors (Lipinski definition) is 5. The molecule has 0 bridgehead atoms. The average molecular weight is 402 g/mol. The number of carbonyl (C=O) groups excluding carboxylic acids is 1. The quantitative estimate of drug-likeness (QED) is 0.754. The Kier molecular flexibility index (Phi) is 6.20. The number of carbonyl (C=O) groups is 1. The number of rotatable bonds is 7. The van der Waals surface area contributed by atoms with Crippen LogP contribution >= 0.6 is 0 Å². The normalized spacial score (nSPS) is 14.6. The van der Waals surface area contributed by atoms with Crippen LogP contribution < -0.4 is 10.1 Å². The van der Waals surface area contributed by atoms with Crippen molar-refractivity contribution >= 4 is 6.09 Å². The van der Waals surface area contributed by atoms with Crippen LogP contribution in [0.1, 0.15) is 45.4 Å². The second kappa shape index (κ2) is 8.63. The van der Waals surface area contributed by atoms with E-state index in [9.17, 15) is 9.18 Å². The summed E-state index contributed by atoms with van der Waals surface area (Å²) in [6, 6.07) is 7.40. The van der Waals surface area contributed by atoms with E-state index in [4.69, 9.17) is 9.47 Å². The van der Waals surface area contributed by atoms with Crippen molar-refractivity contribution in [1.82, 2.24) is 20.1 Å². The highest BCUT2D eigenvalue weighted by Gasteiger charge is 2.28. The van der Waals surface area contributed by atoms with Gasteiger partial charge in [-0.2, -0.15) is 5.10 Å². The fourth-order valence-corrected chi connectivity index (χ4v) is 2.67. The molecule has 1 aromatic carbocycles. The topological polar surface area (TPSA) is 78.3 Å². The van der Waals surface area contributed by atoms with Crippen LogP contribution in [-0.4, -0.2) is 39.6 Å². The molecule has 1 aliphatic carbocycles. The lowest BCUT2D eigenvalue weighted by Crippen LogP contribution is -2.34. The van der Waals surface area contributed by atoms with Gasteiger partial charge in [0.15, 0.2) is 11.6 Å². The second-order valence-electron chi connectivity index (χ2n) is 8.13. The lowest BCUT2D eigenvalue weighted by Gasteiger charge is -2.20. The van der Waals surface area contributed by atoms with Crippen LogP contribution in [0.25, 0.3) is 11.4 Å². The molecule has 2 aromatic rings. The zero-order chi connectivity index (χ0) is 21.0. The largest absolute Gasteiger partial charge is 0.489 e. The van der Waals surface area contributed by atoms with Crippen LogP contribution in [0.4, 0.5) is 9.18 Å². The molecule has 1 amide bonds. The Morgan fingerprint density at radius 1 is 1.31 bits per heavy atom. The molecular formula is C21H27FN4O3. The van der Waals surface area contributed by atoms with Gasteiger partial charge in [0.2, 0.25) is 0 Å². The van der Waals surface area contributed by atoms with Crippen molar-refractivity contribution in [3.05, 3.63) is 42.0 Å². The number of halogens is 1. The summed E-state index contributed by atoms with van der Waals surface area (Å²) in [6.07, 6.45) is 2.15. The number of alkyl carbamates (subject to hydrolysis) is 1. The first kappa shape index (κ1) is 20.8. The maximum atomic E-state index is 13.1. The lowest BCUT2D eigenvalue weighted by molar-refractivity contribution is 0.0531. The first-order valence-electron chi connectivity index (χ1n) is 9.64. The van der Waals surface area contributed by atoms with E-state index in [1.165, 1.54) is 0 Å². The monoisotopic (exact) mass is 402 g/mol. The molecular weight excluding hydrogens is 375 g/mol. The minimum Gasteiger partial charge on any atom is -0.489 e. The maximum Gasteiger partial charge on any atom is 0.407 e. The van der Waals surface area contributed by atoms with Crippen LogP contribution in [-0.2, 0) is 11.8 Å². The van der Waals surface area contributed by atoms with Gasteiger partial charge in [0, 0.05) is 30.6 Å². The maximum absolute atomic E-state index is 13.1. The Balaban J connectivity index is 1.52. The van der Waals surface area contributed by atoms with E-state index in [1.54, 1.807) is 37.6 Å². The minimum atomic E-state index is -0.607. The van der Waals surface area contributed by atoms with Gasteiger partial charge in [-0.05, 0) is 57.9 Å². The van der Waals surface area contributed by atoms with E-state index in [1.807, 2.05) is 19.2 Å². The van der Waals surface area contributed by atoms with E-state index in [-0.39, 0.29) is 13.2 Å². The number of aromatic nitrogens is 3. The van der Waals surface area contributed by atoms with E-state index < -0.39 is 11.7 Å². The van der Waals surface area contributed by atoms with Crippen molar-refractivity contribution < 1.29 is 18.7 Å². The minimum absolute atomic E-state index is 0.00633. The van der Waals surface area contributed by atoms with Crippen molar-refractivity contribution in [1.29, 1.82) is 0 Å². The van der Waals surface area contributed by atoms with Gasteiger partial charge >= 0.3 is 6.09 Å². The van der Waals surface area contributed by atoms with Crippen molar-refractivity contribution in [3.8, 4) is 17.1 Å². The molecule has 1 N–H and O–H groups in total. The standard InChI is InChI=1S/C21H27FN4O3/c1-21(2,3)29-20(27)23-12-14(11-22)13-28-17-9-7-16(8-10-17)19-24-18(15-5-6-15)25-26(19)4/h7-11,15H,5-6,12-13H2,1-4H3,(H,23,27)/b14-11+. The Hall–Kier alpha value is -2.90. The number of nitrogens with zero attached hydrogens (tertiary/aromatic N) is 3. The predicted octanol–water partition coefficient (Wildman–Crippen LogP) is 4.12. The Labute approximate surface area is 169 Å². The summed E-state index contributed by atoms with van der Waals surface area (Å²) in [5.41, 5.74) is 0.624. The highest BCUT2D eigenvalue weighted by molar-refractivity contribution is 5.68. The number of hydrogen-bond donors (Lipinski definition) is 1. The zero-order valence-electron chi connectivity index (χ0n) is 17.2. The van der Waals surface area contributed by atoms with Crippen molar-refractivity contribution in [2.24, 2.45) is 7.05 Å². The molecule has 1 fully saturated rings. The molecule has 0 atom stereocenters. The van der Waals surface area contributed by atoms with Crippen molar-refractivity contribution in [2.75, 3.05) is 13.2 Å². The molecule has 1 heterocycles. The molecule has 7 nitrogen and oxygen atoms in total. The smallest absolute Gasteiger partial charge is 0.407 e. The fraction of sp³-hybridized carbons (Fsp3) is 0.476. The Morgan fingerprint density at radius 2 is 2.00 bits per heavy atom. The molecule has 29 heavy (non-hydrogen) atoms. The van der Waals surface area contributed by atoms with Gasteiger partial charge in [-0.3, -0.25) is 0 Å². The molecule has 1 saturated carbocycles. The molecule has 156 valence electrons. The van der Waals surface area contributed by atoms with Crippen LogP contribution in [0.3, 0.4) is 0 Å². The summed E-state index contributed by atoms with van der Waals surface area (Å²) in [4.78, 5) is 16.3. The molecule has 1 aliphatic rings. The molecule has 3 rings (SSSR count). The van der Waals surface area contributed by atoms with Crippen molar-refractivity contribution in [2.45, 2.75) is 45.1 Å². The van der Waals surface area contributed by atoms with Gasteiger partial charge in [-0.25, -0.2) is 18.9 Å². The molecule has 0 aliphatic heterocycles. The van der Waals surface area contributed by atoms with Gasteiger partial charge in [0.05, 0.1) is 6.33 Å². The number of amides is 1. The highest BCUT2D eigenvalue weighted by Crippen LogP contribution is 2.38. The van der Waals surface area contributed by atoms with Crippen LogP contribution in [0.2, 0.25) is 0 Å². The first-order chi connectivity index (χ1) is 13.7. The third-order valence-electron chi connectivity index (χ3n) is 4.27. The van der Waals surface area contributed by atoms with E-state index >= 15 is 0 Å². The molecule has 1 aromatic heterocycles. The average Bonchev–Trinajstić information content (AvgIpc) is 3.43. The predicted molar refractivity (Wildman–Crippen MR) is 107 cm³/mol. The Bertz CT molecular complexity index is 880. The van der Waals surface area contributed by atoms with Gasteiger partial charge < -0.3 is 14.8 Å². The first-order valence-corrected chi connectivity index (χ1v) is 9.64. The van der Waals surface area contributed by atoms with E-state index in [0.717, 1.165) is 30.1 Å². The summed E-state index contributed by atoms with van der Waals surface area (Å²) in [5.74, 6) is 2.80. The number of aryl methyl sites for hydroxylation is 1. The van der Waals surface area contributed by atoms with Gasteiger partial charge in [-0.1, -0.05) is 0 Å². The van der Waals surface area contributed by atoms with Gasteiger partial charge in [-0.15, -0.1) is 0 Å². The third-order valence-corrected chi connectivity index (χ3v) is 4.27. The summed E-state index contributed by atoms with van der Waals surface area (Å²) in [5, 5.41) is 6.99. The van der Waals surface area contributed by atoms with Crippen LogP contribution in [0.15, 0.2) is 36.2 Å². The molecule has 8 heteroatoms. The molecule has 0 radical (unpaired) electrons. The van der Waals surface area contributed by atoms with Crippen LogP contribution in [0, 0.1) is 0 Å². The van der Waals surface area contributed by atoms with Crippen LogP contribution in [0.5, 0.6) is 5.75 Å². The number of benzene rings is 1. The van der Waals surface area contributed by atoms with E-state index in [0.29, 0.717) is 23.6 Å². The number of nitrogens with one attached hydrogen (secondary N) is 1. The molecule has 0 spiro atoms. The SMILES string of the molecule is Cn1nc(C2CC2)nc1-c1ccc(OC/C(=C/F)CNC(=O)OC(C)(C)C)cc1. The summed E-state index contributed by atoms with van der Waals surface area (Å²) < 4.78 is 25.6. The highest BCUT2D eigenvalue weighted by atomic mass is 19.1. The van der Waals surface area contributed by atoms with Crippen molar-refractivity contribution in [3.63, 3.8) is 0 Å². The summed E-state index contributed by atoms with van der Waals surface area (Å²) in [6.45, 7) is 5.31. The molecule has 0 unspecified atom stereocenters. The fourth-order valence-electron chi connectivity index (χ4n) is 2.67. The molecule has 0 saturated heterocycles. The second-order valence-corrected chi connectivity index (χ2v) is 8.13. The lowest BCUT2D eigenvalue weighted by atomic mass is 10.2. The zero-order valence-corrected chi connectivity index (χ0v) is 17.2. The third kappa shape index (κ3) is 6.04. The number of ether oxygens (including phenoxy) is 2. The Morgan fingerprint density at radius 3 is 2.59 bits per heavy atom. The van der Waals surface area contributed by atoms with Gasteiger partial charge in [0.25, 0.3) is 0 Å². The van der Waals surface area contributed by atoms with Gasteiger partial charge in [0.1, 0.15) is 18.0 Å². The summed E-state index contributed by atoms with van der Waals surface area (Å²) in [7, 11) is 1.88. The summed E-state index contributed by atoms with van der Waals surface area (Å²) >= 11 is 0. The van der Waals surface area contributed by atoms with E-state index in [2.05, 4.69) is 15.4 Å².